The van der Waals surface area contributed by atoms with E-state index in [1.54, 1.807) is 41.3 Å². The Hall–Kier alpha value is -3.16. The van der Waals surface area contributed by atoms with Crippen molar-refractivity contribution in [2.45, 2.75) is 13.8 Å². The Morgan fingerprint density at radius 3 is 2.42 bits per heavy atom. The molecule has 4 N–H and O–H groups in total. The summed E-state index contributed by atoms with van der Waals surface area (Å²) in [6, 6.07) is 10.1. The van der Waals surface area contributed by atoms with Crippen molar-refractivity contribution >= 4 is 29.1 Å². The molecule has 8 nitrogen and oxygen atoms in total. The maximum Gasteiger partial charge on any atom is 0.415 e. The Morgan fingerprint density at radius 1 is 1.08 bits per heavy atom. The van der Waals surface area contributed by atoms with Crippen LogP contribution in [0.4, 0.5) is 27.8 Å². The fourth-order valence-corrected chi connectivity index (χ4v) is 1.94. The second-order valence-electron chi connectivity index (χ2n) is 4.85. The number of benzene rings is 1. The summed E-state index contributed by atoms with van der Waals surface area (Å²) < 4.78 is 5.39. The number of amides is 1. The van der Waals surface area contributed by atoms with Gasteiger partial charge in [-0.3, -0.25) is 0 Å². The summed E-state index contributed by atoms with van der Waals surface area (Å²) in [5.41, 5.74) is 12.1. The van der Waals surface area contributed by atoms with Gasteiger partial charge in [0, 0.05) is 13.1 Å². The number of carbonyl (C=O) groups excluding carboxylic acids is 1. The highest BCUT2D eigenvalue weighted by atomic mass is 16.6. The molecule has 0 saturated heterocycles. The van der Waals surface area contributed by atoms with Crippen molar-refractivity contribution in [2.75, 3.05) is 24.6 Å². The summed E-state index contributed by atoms with van der Waals surface area (Å²) in [6.07, 6.45) is -0.434. The van der Waals surface area contributed by atoms with Gasteiger partial charge in [0.15, 0.2) is 11.6 Å². The number of carbonyl (C=O) groups is 1. The molecule has 0 atom stereocenters. The van der Waals surface area contributed by atoms with E-state index in [2.05, 4.69) is 15.2 Å². The summed E-state index contributed by atoms with van der Waals surface area (Å²) in [5.74, 6) is 0.802. The van der Waals surface area contributed by atoms with Crippen LogP contribution < -0.4 is 16.2 Å². The first-order valence-corrected chi connectivity index (χ1v) is 7.54. The van der Waals surface area contributed by atoms with Crippen LogP contribution in [0.15, 0.2) is 46.6 Å². The van der Waals surface area contributed by atoms with E-state index in [0.29, 0.717) is 36.0 Å². The molecule has 0 fully saturated rings. The second-order valence-corrected chi connectivity index (χ2v) is 4.85. The molecule has 1 amide bonds. The summed E-state index contributed by atoms with van der Waals surface area (Å²) in [7, 11) is 0. The number of ether oxygens (including phenoxy) is 1. The molecule has 2 aromatic rings. The smallest absolute Gasteiger partial charge is 0.408 e. The van der Waals surface area contributed by atoms with Crippen LogP contribution in [0.2, 0.25) is 0 Å². The molecule has 0 bridgehead atoms. The van der Waals surface area contributed by atoms with E-state index in [9.17, 15) is 4.79 Å². The number of azo groups is 1. The van der Waals surface area contributed by atoms with E-state index in [-0.39, 0.29) is 5.82 Å². The highest BCUT2D eigenvalue weighted by Gasteiger charge is 2.14. The number of hydrogen-bond acceptors (Lipinski definition) is 7. The van der Waals surface area contributed by atoms with Crippen molar-refractivity contribution in [1.82, 2.24) is 9.88 Å². The van der Waals surface area contributed by atoms with Gasteiger partial charge in [-0.15, -0.1) is 10.2 Å². The predicted octanol–water partition coefficient (Wildman–Crippen LogP) is 3.50. The van der Waals surface area contributed by atoms with Gasteiger partial charge in [-0.2, -0.15) is 0 Å². The first-order chi connectivity index (χ1) is 11.5. The zero-order valence-electron chi connectivity index (χ0n) is 13.6. The Morgan fingerprint density at radius 2 is 1.75 bits per heavy atom. The molecule has 24 heavy (non-hydrogen) atoms. The number of nitrogens with zero attached hydrogens (tertiary/aromatic N) is 4. The van der Waals surface area contributed by atoms with Crippen LogP contribution in [0.5, 0.6) is 5.75 Å². The fraction of sp³-hybridized carbons (Fsp3) is 0.250. The Labute approximate surface area is 140 Å². The molecule has 1 heterocycles. The average Bonchev–Trinajstić information content (AvgIpc) is 2.56. The van der Waals surface area contributed by atoms with Crippen molar-refractivity contribution in [3.8, 4) is 5.75 Å². The number of nitrogens with two attached hydrogens (primary N) is 2. The Bertz CT molecular complexity index is 743. The van der Waals surface area contributed by atoms with Crippen LogP contribution in [0, 0.1) is 0 Å². The summed E-state index contributed by atoms with van der Waals surface area (Å²) in [5, 5.41) is 8.15. The number of para-hydroxylation sites is 1. The number of hydrogen-bond donors (Lipinski definition) is 2. The monoisotopic (exact) mass is 328 g/mol. The number of aromatic nitrogens is 1. The summed E-state index contributed by atoms with van der Waals surface area (Å²) in [4.78, 5) is 17.6. The SMILES string of the molecule is CCN(CC)C(=O)Oc1ccccc1/N=N/c1ccc(N)nc1N. The minimum Gasteiger partial charge on any atom is -0.408 e. The summed E-state index contributed by atoms with van der Waals surface area (Å²) >= 11 is 0. The maximum absolute atomic E-state index is 12.1. The molecular formula is C16H20N6O2. The molecule has 1 aromatic heterocycles. The zero-order valence-corrected chi connectivity index (χ0v) is 13.6. The van der Waals surface area contributed by atoms with E-state index < -0.39 is 6.09 Å². The van der Waals surface area contributed by atoms with Gasteiger partial charge in [-0.05, 0) is 38.1 Å². The van der Waals surface area contributed by atoms with Gasteiger partial charge in [-0.25, -0.2) is 9.78 Å². The quantitative estimate of drug-likeness (QED) is 0.814. The van der Waals surface area contributed by atoms with E-state index in [0.717, 1.165) is 0 Å². The van der Waals surface area contributed by atoms with Crippen LogP contribution in [0.3, 0.4) is 0 Å². The van der Waals surface area contributed by atoms with Gasteiger partial charge in [-0.1, -0.05) is 12.1 Å². The van der Waals surface area contributed by atoms with E-state index >= 15 is 0 Å². The molecule has 0 aliphatic heterocycles. The van der Waals surface area contributed by atoms with Crippen LogP contribution in [-0.4, -0.2) is 29.1 Å². The van der Waals surface area contributed by atoms with Gasteiger partial charge in [0.1, 0.15) is 17.2 Å². The van der Waals surface area contributed by atoms with Crippen molar-refractivity contribution in [3.63, 3.8) is 0 Å². The Kier molecular flexibility index (Phi) is 5.67. The van der Waals surface area contributed by atoms with Crippen LogP contribution >= 0.6 is 0 Å². The van der Waals surface area contributed by atoms with Crippen molar-refractivity contribution in [1.29, 1.82) is 0 Å². The molecule has 0 saturated carbocycles. The molecule has 126 valence electrons. The van der Waals surface area contributed by atoms with E-state index in [1.165, 1.54) is 0 Å². The van der Waals surface area contributed by atoms with Gasteiger partial charge in [0.05, 0.1) is 0 Å². The Balaban J connectivity index is 2.22. The molecule has 0 unspecified atom stereocenters. The average molecular weight is 328 g/mol. The topological polar surface area (TPSA) is 119 Å². The fourth-order valence-electron chi connectivity index (χ4n) is 1.94. The number of nitrogen functional groups attached to an aromatic ring is 2. The van der Waals surface area contributed by atoms with Crippen LogP contribution in [-0.2, 0) is 0 Å². The normalized spacial score (nSPS) is 10.8. The molecular weight excluding hydrogens is 308 g/mol. The van der Waals surface area contributed by atoms with Crippen molar-refractivity contribution in [3.05, 3.63) is 36.4 Å². The van der Waals surface area contributed by atoms with Crippen LogP contribution in [0.1, 0.15) is 13.8 Å². The molecule has 1 aromatic carbocycles. The molecule has 0 aliphatic rings. The third kappa shape index (κ3) is 4.19. The number of rotatable bonds is 5. The lowest BCUT2D eigenvalue weighted by Crippen LogP contribution is -2.33. The molecule has 0 spiro atoms. The minimum atomic E-state index is -0.434. The molecule has 0 radical (unpaired) electrons. The maximum atomic E-state index is 12.1. The summed E-state index contributed by atoms with van der Waals surface area (Å²) in [6.45, 7) is 4.89. The third-order valence-corrected chi connectivity index (χ3v) is 3.27. The van der Waals surface area contributed by atoms with Gasteiger partial charge in [0.25, 0.3) is 0 Å². The van der Waals surface area contributed by atoms with E-state index in [4.69, 9.17) is 16.2 Å². The van der Waals surface area contributed by atoms with Crippen molar-refractivity contribution in [2.24, 2.45) is 10.2 Å². The van der Waals surface area contributed by atoms with Crippen LogP contribution in [0.25, 0.3) is 0 Å². The van der Waals surface area contributed by atoms with Gasteiger partial charge in [0.2, 0.25) is 0 Å². The van der Waals surface area contributed by atoms with Crippen molar-refractivity contribution < 1.29 is 9.53 Å². The number of pyridine rings is 1. The first kappa shape index (κ1) is 17.2. The lowest BCUT2D eigenvalue weighted by atomic mass is 10.3. The predicted molar refractivity (Wildman–Crippen MR) is 92.6 cm³/mol. The van der Waals surface area contributed by atoms with Gasteiger partial charge >= 0.3 is 6.09 Å². The van der Waals surface area contributed by atoms with Gasteiger partial charge < -0.3 is 21.1 Å². The zero-order chi connectivity index (χ0) is 17.5. The largest absolute Gasteiger partial charge is 0.415 e. The lowest BCUT2D eigenvalue weighted by molar-refractivity contribution is 0.157. The standard InChI is InChI=1S/C16H20N6O2/c1-3-22(4-2)16(23)24-13-8-6-5-7-11(13)20-21-12-9-10-14(17)19-15(12)18/h5-10H,3-4H2,1-2H3,(H4,17,18,19)/b21-20+. The second kappa shape index (κ2) is 7.91. The van der Waals surface area contributed by atoms with E-state index in [1.807, 2.05) is 13.8 Å². The minimum absolute atomic E-state index is 0.177. The first-order valence-electron chi connectivity index (χ1n) is 7.54. The highest BCUT2D eigenvalue weighted by molar-refractivity contribution is 5.73. The molecule has 8 heteroatoms. The molecule has 2 rings (SSSR count). The third-order valence-electron chi connectivity index (χ3n) is 3.27. The number of anilines is 2. The highest BCUT2D eigenvalue weighted by Crippen LogP contribution is 2.30. The molecule has 0 aliphatic carbocycles. The lowest BCUT2D eigenvalue weighted by Gasteiger charge is -2.18.